The molecule has 1 aromatic rings. The Hall–Kier alpha value is -1.09. The van der Waals surface area contributed by atoms with Crippen molar-refractivity contribution in [2.75, 3.05) is 19.3 Å². The number of pyridine rings is 1. The Labute approximate surface area is 92.3 Å². The van der Waals surface area contributed by atoms with Gasteiger partial charge in [-0.2, -0.15) is 0 Å². The second kappa shape index (κ2) is 5.71. The van der Waals surface area contributed by atoms with Gasteiger partial charge in [-0.3, -0.25) is 0 Å². The van der Waals surface area contributed by atoms with E-state index in [0.29, 0.717) is 5.82 Å². The Balaban J connectivity index is 2.44. The quantitative estimate of drug-likeness (QED) is 0.804. The van der Waals surface area contributed by atoms with Crippen molar-refractivity contribution in [3.8, 4) is 0 Å². The van der Waals surface area contributed by atoms with Gasteiger partial charge in [0.2, 0.25) is 0 Å². The summed E-state index contributed by atoms with van der Waals surface area (Å²) in [7, 11) is 2.12. The van der Waals surface area contributed by atoms with Crippen LogP contribution in [0, 0.1) is 5.92 Å². The lowest BCUT2D eigenvalue weighted by Gasteiger charge is -2.18. The van der Waals surface area contributed by atoms with E-state index in [9.17, 15) is 0 Å². The second-order valence-electron chi connectivity index (χ2n) is 4.47. The number of nitrogens with two attached hydrogens (primary N) is 1. The maximum atomic E-state index is 5.79. The third-order valence-electron chi connectivity index (χ3n) is 2.45. The molecule has 0 aliphatic heterocycles. The maximum Gasteiger partial charge on any atom is 0.127 e. The van der Waals surface area contributed by atoms with Crippen molar-refractivity contribution in [1.82, 2.24) is 9.88 Å². The summed E-state index contributed by atoms with van der Waals surface area (Å²) in [5, 5.41) is 0. The highest BCUT2D eigenvalue weighted by molar-refractivity contribution is 5.38. The molecule has 0 saturated heterocycles. The van der Waals surface area contributed by atoms with Gasteiger partial charge in [0.25, 0.3) is 0 Å². The van der Waals surface area contributed by atoms with Gasteiger partial charge in [-0.25, -0.2) is 4.98 Å². The van der Waals surface area contributed by atoms with Gasteiger partial charge in [-0.05, 0) is 32.0 Å². The monoisotopic (exact) mass is 207 g/mol. The number of anilines is 1. The molecule has 0 bridgehead atoms. The second-order valence-corrected chi connectivity index (χ2v) is 4.47. The van der Waals surface area contributed by atoms with Crippen LogP contribution in [0.5, 0.6) is 0 Å². The fraction of sp³-hybridized carbons (Fsp3) is 0.583. The summed E-state index contributed by atoms with van der Waals surface area (Å²) in [6.45, 7) is 6.47. The Kier molecular flexibility index (Phi) is 4.56. The minimum Gasteiger partial charge on any atom is -0.383 e. The normalized spacial score (nSPS) is 11.3. The van der Waals surface area contributed by atoms with Gasteiger partial charge >= 0.3 is 0 Å². The lowest BCUT2D eigenvalue weighted by Crippen LogP contribution is -2.21. The van der Waals surface area contributed by atoms with Crippen molar-refractivity contribution in [1.29, 1.82) is 0 Å². The van der Waals surface area contributed by atoms with E-state index in [-0.39, 0.29) is 0 Å². The zero-order valence-electron chi connectivity index (χ0n) is 9.90. The summed E-state index contributed by atoms with van der Waals surface area (Å²) >= 11 is 0. The Morgan fingerprint density at radius 2 is 2.20 bits per heavy atom. The highest BCUT2D eigenvalue weighted by atomic mass is 15.1. The van der Waals surface area contributed by atoms with Crippen LogP contribution >= 0.6 is 0 Å². The molecule has 15 heavy (non-hydrogen) atoms. The van der Waals surface area contributed by atoms with Crippen LogP contribution in [-0.2, 0) is 6.54 Å². The standard InChI is InChI=1S/C12H21N3/c1-10(2)6-8-15(3)9-11-5-4-7-14-12(11)13/h4-5,7,10H,6,8-9H2,1-3H3,(H2,13,14). The molecule has 0 unspecified atom stereocenters. The van der Waals surface area contributed by atoms with Crippen LogP contribution in [0.4, 0.5) is 5.82 Å². The van der Waals surface area contributed by atoms with Crippen molar-refractivity contribution in [2.24, 2.45) is 5.92 Å². The van der Waals surface area contributed by atoms with Gasteiger partial charge in [-0.1, -0.05) is 19.9 Å². The highest BCUT2D eigenvalue weighted by Gasteiger charge is 2.04. The fourth-order valence-corrected chi connectivity index (χ4v) is 1.43. The van der Waals surface area contributed by atoms with Gasteiger partial charge < -0.3 is 10.6 Å². The van der Waals surface area contributed by atoms with Crippen molar-refractivity contribution >= 4 is 5.82 Å². The Morgan fingerprint density at radius 1 is 1.47 bits per heavy atom. The van der Waals surface area contributed by atoms with Crippen LogP contribution < -0.4 is 5.73 Å². The first kappa shape index (κ1) is 12.0. The molecule has 0 aliphatic carbocycles. The third kappa shape index (κ3) is 4.30. The third-order valence-corrected chi connectivity index (χ3v) is 2.45. The van der Waals surface area contributed by atoms with Crippen LogP contribution in [0.2, 0.25) is 0 Å². The minimum absolute atomic E-state index is 0.647. The SMILES string of the molecule is CC(C)CCN(C)Cc1cccnc1N. The van der Waals surface area contributed by atoms with Gasteiger partial charge in [0, 0.05) is 18.3 Å². The summed E-state index contributed by atoms with van der Waals surface area (Å²) < 4.78 is 0. The predicted octanol–water partition coefficient (Wildman–Crippen LogP) is 2.14. The van der Waals surface area contributed by atoms with Crippen LogP contribution in [-0.4, -0.2) is 23.5 Å². The van der Waals surface area contributed by atoms with Gasteiger partial charge in [-0.15, -0.1) is 0 Å². The molecule has 0 fully saturated rings. The Morgan fingerprint density at radius 3 is 2.80 bits per heavy atom. The molecular formula is C12H21N3. The van der Waals surface area contributed by atoms with Crippen LogP contribution in [0.1, 0.15) is 25.8 Å². The molecular weight excluding hydrogens is 186 g/mol. The molecule has 1 aromatic heterocycles. The van der Waals surface area contributed by atoms with E-state index >= 15 is 0 Å². The minimum atomic E-state index is 0.647. The van der Waals surface area contributed by atoms with E-state index in [0.717, 1.165) is 24.6 Å². The Bertz CT molecular complexity index is 297. The summed E-state index contributed by atoms with van der Waals surface area (Å²) in [6.07, 6.45) is 2.95. The zero-order valence-corrected chi connectivity index (χ0v) is 9.90. The molecule has 0 saturated carbocycles. The fourth-order valence-electron chi connectivity index (χ4n) is 1.43. The van der Waals surface area contributed by atoms with E-state index < -0.39 is 0 Å². The number of hydrogen-bond donors (Lipinski definition) is 1. The van der Waals surface area contributed by atoms with Gasteiger partial charge in [0.1, 0.15) is 5.82 Å². The summed E-state index contributed by atoms with van der Waals surface area (Å²) in [5.41, 5.74) is 6.90. The number of rotatable bonds is 5. The first-order valence-electron chi connectivity index (χ1n) is 5.47. The summed E-state index contributed by atoms with van der Waals surface area (Å²) in [5.74, 6) is 1.40. The average molecular weight is 207 g/mol. The number of aromatic nitrogens is 1. The first-order valence-corrected chi connectivity index (χ1v) is 5.47. The molecule has 0 radical (unpaired) electrons. The lowest BCUT2D eigenvalue weighted by atomic mass is 10.1. The van der Waals surface area contributed by atoms with E-state index in [1.165, 1.54) is 6.42 Å². The molecule has 0 amide bonds. The molecule has 0 aliphatic rings. The van der Waals surface area contributed by atoms with Crippen molar-refractivity contribution < 1.29 is 0 Å². The first-order chi connectivity index (χ1) is 7.09. The number of hydrogen-bond acceptors (Lipinski definition) is 3. The highest BCUT2D eigenvalue weighted by Crippen LogP contribution is 2.10. The van der Waals surface area contributed by atoms with Gasteiger partial charge in [0.15, 0.2) is 0 Å². The van der Waals surface area contributed by atoms with Crippen LogP contribution in [0.25, 0.3) is 0 Å². The topological polar surface area (TPSA) is 42.2 Å². The number of nitrogen functional groups attached to an aromatic ring is 1. The number of nitrogens with zero attached hydrogens (tertiary/aromatic N) is 2. The molecule has 3 heteroatoms. The molecule has 3 nitrogen and oxygen atoms in total. The molecule has 2 N–H and O–H groups in total. The van der Waals surface area contributed by atoms with Crippen LogP contribution in [0.15, 0.2) is 18.3 Å². The molecule has 84 valence electrons. The molecule has 0 atom stereocenters. The van der Waals surface area contributed by atoms with Crippen molar-refractivity contribution in [3.63, 3.8) is 0 Å². The summed E-state index contributed by atoms with van der Waals surface area (Å²) in [6, 6.07) is 3.97. The average Bonchev–Trinajstić information content (AvgIpc) is 2.18. The van der Waals surface area contributed by atoms with Gasteiger partial charge in [0.05, 0.1) is 0 Å². The summed E-state index contributed by atoms with van der Waals surface area (Å²) in [4.78, 5) is 6.36. The van der Waals surface area contributed by atoms with Crippen molar-refractivity contribution in [3.05, 3.63) is 23.9 Å². The smallest absolute Gasteiger partial charge is 0.127 e. The van der Waals surface area contributed by atoms with E-state index in [1.54, 1.807) is 6.20 Å². The molecule has 0 spiro atoms. The zero-order chi connectivity index (χ0) is 11.3. The largest absolute Gasteiger partial charge is 0.383 e. The van der Waals surface area contributed by atoms with E-state index in [2.05, 4.69) is 30.8 Å². The van der Waals surface area contributed by atoms with E-state index in [1.807, 2.05) is 12.1 Å². The maximum absolute atomic E-state index is 5.79. The molecule has 0 aromatic carbocycles. The predicted molar refractivity (Wildman–Crippen MR) is 64.4 cm³/mol. The molecule has 1 heterocycles. The molecule has 1 rings (SSSR count). The van der Waals surface area contributed by atoms with Crippen molar-refractivity contribution in [2.45, 2.75) is 26.8 Å². The van der Waals surface area contributed by atoms with E-state index in [4.69, 9.17) is 5.73 Å². The van der Waals surface area contributed by atoms with Crippen LogP contribution in [0.3, 0.4) is 0 Å². The lowest BCUT2D eigenvalue weighted by molar-refractivity contribution is 0.303.